The summed E-state index contributed by atoms with van der Waals surface area (Å²) >= 11 is 0. The molecule has 1 aromatic heterocycles. The number of piperidine rings is 1. The standard InChI is InChI=1S/C17H20N4O2/c18-17(22)15-9-19-10-16(20-15)21-8-4-5-13(11-21)12-23-14-6-2-1-3-7-14/h1-3,6-7,9-10,13H,4-5,8,11-12H2,(H2,18,22)/t13-/m1/s1. The maximum Gasteiger partial charge on any atom is 0.268 e. The molecule has 0 radical (unpaired) electrons. The van der Waals surface area contributed by atoms with Crippen LogP contribution in [0.5, 0.6) is 5.75 Å². The molecule has 6 nitrogen and oxygen atoms in total. The zero-order valence-electron chi connectivity index (χ0n) is 12.9. The van der Waals surface area contributed by atoms with Crippen molar-refractivity contribution in [3.8, 4) is 5.75 Å². The van der Waals surface area contributed by atoms with E-state index in [1.165, 1.54) is 6.20 Å². The van der Waals surface area contributed by atoms with Gasteiger partial charge in [-0.1, -0.05) is 18.2 Å². The van der Waals surface area contributed by atoms with Crippen molar-refractivity contribution in [2.75, 3.05) is 24.6 Å². The molecule has 2 heterocycles. The lowest BCUT2D eigenvalue weighted by Gasteiger charge is -2.33. The number of primary amides is 1. The van der Waals surface area contributed by atoms with Crippen molar-refractivity contribution in [1.82, 2.24) is 9.97 Å². The zero-order chi connectivity index (χ0) is 16.1. The number of rotatable bonds is 5. The molecule has 0 unspecified atom stereocenters. The Balaban J connectivity index is 1.62. The van der Waals surface area contributed by atoms with Gasteiger partial charge in [0.25, 0.3) is 5.91 Å². The molecule has 6 heteroatoms. The van der Waals surface area contributed by atoms with Gasteiger partial charge in [-0.3, -0.25) is 9.78 Å². The molecule has 0 aliphatic carbocycles. The normalized spacial score (nSPS) is 17.7. The number of carbonyl (C=O) groups excluding carboxylic acids is 1. The Bertz CT molecular complexity index is 663. The molecule has 3 rings (SSSR count). The predicted octanol–water partition coefficient (Wildman–Crippen LogP) is 1.87. The number of nitrogens with zero attached hydrogens (tertiary/aromatic N) is 3. The molecule has 0 saturated carbocycles. The molecule has 1 aliphatic rings. The van der Waals surface area contributed by atoms with Crippen LogP contribution in [0.1, 0.15) is 23.3 Å². The highest BCUT2D eigenvalue weighted by Gasteiger charge is 2.22. The zero-order valence-corrected chi connectivity index (χ0v) is 12.9. The van der Waals surface area contributed by atoms with Crippen molar-refractivity contribution in [2.45, 2.75) is 12.8 Å². The van der Waals surface area contributed by atoms with Crippen molar-refractivity contribution >= 4 is 11.7 Å². The largest absolute Gasteiger partial charge is 0.493 e. The van der Waals surface area contributed by atoms with E-state index < -0.39 is 5.91 Å². The van der Waals surface area contributed by atoms with E-state index in [-0.39, 0.29) is 5.69 Å². The molecule has 23 heavy (non-hydrogen) atoms. The second-order valence-electron chi connectivity index (χ2n) is 5.71. The maximum absolute atomic E-state index is 11.2. The van der Waals surface area contributed by atoms with Crippen LogP contribution >= 0.6 is 0 Å². The number of para-hydroxylation sites is 1. The highest BCUT2D eigenvalue weighted by molar-refractivity contribution is 5.90. The van der Waals surface area contributed by atoms with Crippen molar-refractivity contribution < 1.29 is 9.53 Å². The summed E-state index contributed by atoms with van der Waals surface area (Å²) in [5.74, 6) is 1.45. The van der Waals surface area contributed by atoms with E-state index in [0.717, 1.165) is 31.7 Å². The quantitative estimate of drug-likeness (QED) is 0.911. The van der Waals surface area contributed by atoms with Gasteiger partial charge in [-0.2, -0.15) is 0 Å². The van der Waals surface area contributed by atoms with Gasteiger partial charge < -0.3 is 15.4 Å². The lowest BCUT2D eigenvalue weighted by molar-refractivity contribution is 0.0995. The highest BCUT2D eigenvalue weighted by atomic mass is 16.5. The average Bonchev–Trinajstić information content (AvgIpc) is 2.61. The number of hydrogen-bond donors (Lipinski definition) is 1. The molecule has 1 amide bonds. The van der Waals surface area contributed by atoms with E-state index in [1.54, 1.807) is 6.20 Å². The number of anilines is 1. The topological polar surface area (TPSA) is 81.3 Å². The van der Waals surface area contributed by atoms with Crippen LogP contribution in [0.3, 0.4) is 0 Å². The fraction of sp³-hybridized carbons (Fsp3) is 0.353. The predicted molar refractivity (Wildman–Crippen MR) is 87.4 cm³/mol. The van der Waals surface area contributed by atoms with Gasteiger partial charge in [0, 0.05) is 19.0 Å². The fourth-order valence-electron chi connectivity index (χ4n) is 2.77. The van der Waals surface area contributed by atoms with E-state index in [9.17, 15) is 4.79 Å². The summed E-state index contributed by atoms with van der Waals surface area (Å²) in [7, 11) is 0. The Hall–Kier alpha value is -2.63. The van der Waals surface area contributed by atoms with Gasteiger partial charge in [-0.15, -0.1) is 0 Å². The van der Waals surface area contributed by atoms with Gasteiger partial charge >= 0.3 is 0 Å². The Labute approximate surface area is 135 Å². The SMILES string of the molecule is NC(=O)c1cncc(N2CCC[C@@H](COc3ccccc3)C2)n1. The molecule has 1 atom stereocenters. The van der Waals surface area contributed by atoms with E-state index in [4.69, 9.17) is 10.5 Å². The van der Waals surface area contributed by atoms with Gasteiger partial charge in [0.1, 0.15) is 17.3 Å². The van der Waals surface area contributed by atoms with Crippen molar-refractivity contribution in [3.05, 3.63) is 48.4 Å². The first kappa shape index (κ1) is 15.3. The minimum absolute atomic E-state index is 0.199. The maximum atomic E-state index is 11.2. The molecular weight excluding hydrogens is 292 g/mol. The van der Waals surface area contributed by atoms with Gasteiger partial charge in [0.15, 0.2) is 0 Å². The van der Waals surface area contributed by atoms with Gasteiger partial charge in [0.2, 0.25) is 0 Å². The van der Waals surface area contributed by atoms with E-state index in [0.29, 0.717) is 18.3 Å². The molecule has 0 bridgehead atoms. The Morgan fingerprint density at radius 3 is 2.91 bits per heavy atom. The number of hydrogen-bond acceptors (Lipinski definition) is 5. The lowest BCUT2D eigenvalue weighted by atomic mass is 9.99. The molecule has 120 valence electrons. The number of ether oxygens (including phenoxy) is 1. The average molecular weight is 312 g/mol. The molecule has 1 saturated heterocycles. The smallest absolute Gasteiger partial charge is 0.268 e. The first-order chi connectivity index (χ1) is 11.2. The summed E-state index contributed by atoms with van der Waals surface area (Å²) in [5.41, 5.74) is 5.47. The summed E-state index contributed by atoms with van der Waals surface area (Å²) in [4.78, 5) is 21.7. The van der Waals surface area contributed by atoms with Crippen LogP contribution in [0, 0.1) is 5.92 Å². The summed E-state index contributed by atoms with van der Waals surface area (Å²) in [5, 5.41) is 0. The molecule has 2 aromatic rings. The summed E-state index contributed by atoms with van der Waals surface area (Å²) in [6.45, 7) is 2.41. The second kappa shape index (κ2) is 7.09. The van der Waals surface area contributed by atoms with Gasteiger partial charge in [-0.05, 0) is 25.0 Å². The third-order valence-corrected chi connectivity index (χ3v) is 3.95. The molecule has 0 spiro atoms. The van der Waals surface area contributed by atoms with Crippen LogP contribution in [0.4, 0.5) is 5.82 Å². The molecule has 1 aliphatic heterocycles. The van der Waals surface area contributed by atoms with E-state index in [1.807, 2.05) is 30.3 Å². The molecule has 2 N–H and O–H groups in total. The first-order valence-corrected chi connectivity index (χ1v) is 7.77. The summed E-state index contributed by atoms with van der Waals surface area (Å²) in [6, 6.07) is 9.82. The molecular formula is C17H20N4O2. The van der Waals surface area contributed by atoms with Crippen LogP contribution < -0.4 is 15.4 Å². The summed E-state index contributed by atoms with van der Waals surface area (Å²) < 4.78 is 5.85. The minimum Gasteiger partial charge on any atom is -0.493 e. The van der Waals surface area contributed by atoms with Crippen LogP contribution in [0.15, 0.2) is 42.7 Å². The lowest BCUT2D eigenvalue weighted by Crippen LogP contribution is -2.38. The Morgan fingerprint density at radius 2 is 2.13 bits per heavy atom. The number of nitrogens with two attached hydrogens (primary N) is 1. The van der Waals surface area contributed by atoms with E-state index in [2.05, 4.69) is 14.9 Å². The third-order valence-electron chi connectivity index (χ3n) is 3.95. The van der Waals surface area contributed by atoms with Crippen molar-refractivity contribution in [2.24, 2.45) is 11.7 Å². The molecule has 1 fully saturated rings. The van der Waals surface area contributed by atoms with Crippen molar-refractivity contribution in [1.29, 1.82) is 0 Å². The second-order valence-corrected chi connectivity index (χ2v) is 5.71. The van der Waals surface area contributed by atoms with E-state index >= 15 is 0 Å². The van der Waals surface area contributed by atoms with Crippen LogP contribution in [0.2, 0.25) is 0 Å². The highest BCUT2D eigenvalue weighted by Crippen LogP contribution is 2.22. The number of aromatic nitrogens is 2. The number of amides is 1. The Kier molecular flexibility index (Phi) is 4.71. The van der Waals surface area contributed by atoms with Crippen LogP contribution in [0.25, 0.3) is 0 Å². The van der Waals surface area contributed by atoms with Gasteiger partial charge in [0.05, 0.1) is 19.0 Å². The first-order valence-electron chi connectivity index (χ1n) is 7.77. The minimum atomic E-state index is -0.555. The van der Waals surface area contributed by atoms with Crippen molar-refractivity contribution in [3.63, 3.8) is 0 Å². The van der Waals surface area contributed by atoms with Gasteiger partial charge in [-0.25, -0.2) is 4.98 Å². The third kappa shape index (κ3) is 3.97. The fourth-order valence-corrected chi connectivity index (χ4v) is 2.77. The molecule has 1 aromatic carbocycles. The van der Waals surface area contributed by atoms with Crippen LogP contribution in [-0.2, 0) is 0 Å². The number of benzene rings is 1. The number of carbonyl (C=O) groups is 1. The Morgan fingerprint density at radius 1 is 1.30 bits per heavy atom. The summed E-state index contributed by atoms with van der Waals surface area (Å²) in [6.07, 6.45) is 5.25. The van der Waals surface area contributed by atoms with Crippen LogP contribution in [-0.4, -0.2) is 35.6 Å². The monoisotopic (exact) mass is 312 g/mol.